The minimum Gasteiger partial charge on any atom is -0.351 e. The predicted octanol–water partition coefficient (Wildman–Crippen LogP) is 5.50. The molecule has 2 aromatic carbocycles. The summed E-state index contributed by atoms with van der Waals surface area (Å²) in [6.07, 6.45) is -0.282. The summed E-state index contributed by atoms with van der Waals surface area (Å²) in [6.45, 7) is 5.78. The van der Waals surface area contributed by atoms with Crippen molar-refractivity contribution in [2.24, 2.45) is 0 Å². The maximum atomic E-state index is 6.18. The SMILES string of the molecule is CCOC(Cn1c2ccc(Cl)cc2c2cc(Cl)ccc21)OCC. The maximum absolute atomic E-state index is 6.18. The number of rotatable bonds is 6. The zero-order chi connectivity index (χ0) is 16.4. The van der Waals surface area contributed by atoms with Gasteiger partial charge in [0.15, 0.2) is 6.29 Å². The van der Waals surface area contributed by atoms with Gasteiger partial charge in [-0.05, 0) is 50.2 Å². The normalized spacial score (nSPS) is 11.9. The molecule has 0 fully saturated rings. The fourth-order valence-corrected chi connectivity index (χ4v) is 3.26. The second-order valence-electron chi connectivity index (χ2n) is 5.27. The third-order valence-electron chi connectivity index (χ3n) is 3.83. The van der Waals surface area contributed by atoms with E-state index < -0.39 is 0 Å². The Morgan fingerprint density at radius 2 is 1.35 bits per heavy atom. The molecule has 0 saturated carbocycles. The molecule has 0 bridgehead atoms. The first-order valence-electron chi connectivity index (χ1n) is 7.74. The lowest BCUT2D eigenvalue weighted by molar-refractivity contribution is -0.142. The Labute approximate surface area is 145 Å². The summed E-state index contributed by atoms with van der Waals surface area (Å²) in [6, 6.07) is 11.8. The van der Waals surface area contributed by atoms with Gasteiger partial charge < -0.3 is 14.0 Å². The van der Waals surface area contributed by atoms with E-state index in [1.54, 1.807) is 0 Å². The molecule has 3 aromatic rings. The van der Waals surface area contributed by atoms with Gasteiger partial charge in [-0.15, -0.1) is 0 Å². The number of hydrogen-bond donors (Lipinski definition) is 0. The van der Waals surface area contributed by atoms with E-state index in [-0.39, 0.29) is 6.29 Å². The van der Waals surface area contributed by atoms with E-state index in [2.05, 4.69) is 4.57 Å². The topological polar surface area (TPSA) is 23.4 Å². The molecule has 0 atom stereocenters. The third-order valence-corrected chi connectivity index (χ3v) is 4.30. The summed E-state index contributed by atoms with van der Waals surface area (Å²) in [5.74, 6) is 0. The van der Waals surface area contributed by atoms with Crippen LogP contribution in [0.3, 0.4) is 0 Å². The monoisotopic (exact) mass is 351 g/mol. The predicted molar refractivity (Wildman–Crippen MR) is 96.5 cm³/mol. The van der Waals surface area contributed by atoms with Crippen LogP contribution in [0.5, 0.6) is 0 Å². The Morgan fingerprint density at radius 1 is 0.870 bits per heavy atom. The van der Waals surface area contributed by atoms with Crippen LogP contribution in [-0.2, 0) is 16.0 Å². The van der Waals surface area contributed by atoms with Crippen molar-refractivity contribution in [3.63, 3.8) is 0 Å². The van der Waals surface area contributed by atoms with Crippen LogP contribution in [0.1, 0.15) is 13.8 Å². The fourth-order valence-electron chi connectivity index (χ4n) is 2.92. The van der Waals surface area contributed by atoms with E-state index in [9.17, 15) is 0 Å². The largest absolute Gasteiger partial charge is 0.351 e. The molecule has 5 heteroatoms. The first-order valence-corrected chi connectivity index (χ1v) is 8.49. The van der Waals surface area contributed by atoms with Crippen LogP contribution in [0.25, 0.3) is 21.8 Å². The highest BCUT2D eigenvalue weighted by Crippen LogP contribution is 2.33. The molecule has 23 heavy (non-hydrogen) atoms. The van der Waals surface area contributed by atoms with Crippen molar-refractivity contribution in [1.29, 1.82) is 0 Å². The van der Waals surface area contributed by atoms with Crippen LogP contribution in [0.4, 0.5) is 0 Å². The van der Waals surface area contributed by atoms with Gasteiger partial charge in [0, 0.05) is 45.1 Å². The third kappa shape index (κ3) is 3.33. The average Bonchev–Trinajstić information content (AvgIpc) is 2.81. The van der Waals surface area contributed by atoms with Gasteiger partial charge in [-0.3, -0.25) is 0 Å². The highest BCUT2D eigenvalue weighted by atomic mass is 35.5. The van der Waals surface area contributed by atoms with Gasteiger partial charge in [-0.25, -0.2) is 0 Å². The molecule has 122 valence electrons. The van der Waals surface area contributed by atoms with Crippen LogP contribution < -0.4 is 0 Å². The Hall–Kier alpha value is -1.26. The van der Waals surface area contributed by atoms with Gasteiger partial charge in [0.25, 0.3) is 0 Å². The molecule has 0 aliphatic heterocycles. The van der Waals surface area contributed by atoms with Gasteiger partial charge in [0.1, 0.15) is 0 Å². The molecule has 0 N–H and O–H groups in total. The molecule has 0 aliphatic carbocycles. The second-order valence-corrected chi connectivity index (χ2v) is 6.15. The van der Waals surface area contributed by atoms with E-state index in [0.29, 0.717) is 29.8 Å². The number of fused-ring (bicyclic) bond motifs is 3. The van der Waals surface area contributed by atoms with Crippen molar-refractivity contribution in [2.75, 3.05) is 13.2 Å². The van der Waals surface area contributed by atoms with E-state index in [1.165, 1.54) is 0 Å². The van der Waals surface area contributed by atoms with Gasteiger partial charge in [-0.1, -0.05) is 23.2 Å². The quantitative estimate of drug-likeness (QED) is 0.547. The number of hydrogen-bond acceptors (Lipinski definition) is 2. The van der Waals surface area contributed by atoms with Gasteiger partial charge >= 0.3 is 0 Å². The average molecular weight is 352 g/mol. The molecule has 0 spiro atoms. The lowest BCUT2D eigenvalue weighted by Crippen LogP contribution is -2.23. The zero-order valence-corrected chi connectivity index (χ0v) is 14.7. The van der Waals surface area contributed by atoms with E-state index in [0.717, 1.165) is 21.8 Å². The molecular weight excluding hydrogens is 333 g/mol. The molecule has 0 amide bonds. The van der Waals surface area contributed by atoms with Crippen molar-refractivity contribution < 1.29 is 9.47 Å². The first-order chi connectivity index (χ1) is 11.1. The summed E-state index contributed by atoms with van der Waals surface area (Å²) in [5, 5.41) is 3.59. The Kier molecular flexibility index (Phi) is 5.12. The molecule has 0 unspecified atom stereocenters. The van der Waals surface area contributed by atoms with Crippen molar-refractivity contribution in [3.8, 4) is 0 Å². The standard InChI is InChI=1S/C18H19Cl2NO2/c1-3-22-18(23-4-2)11-21-16-7-5-12(19)9-14(16)15-10-13(20)6-8-17(15)21/h5-10,18H,3-4,11H2,1-2H3. The minimum atomic E-state index is -0.282. The number of ether oxygens (including phenoxy) is 2. The molecule has 0 aliphatic rings. The summed E-state index contributed by atoms with van der Waals surface area (Å²) < 4.78 is 13.6. The van der Waals surface area contributed by atoms with Crippen molar-refractivity contribution in [1.82, 2.24) is 4.57 Å². The zero-order valence-electron chi connectivity index (χ0n) is 13.2. The number of nitrogens with zero attached hydrogens (tertiary/aromatic N) is 1. The smallest absolute Gasteiger partial charge is 0.175 e. The Morgan fingerprint density at radius 3 is 1.78 bits per heavy atom. The molecule has 1 aromatic heterocycles. The van der Waals surface area contributed by atoms with E-state index in [4.69, 9.17) is 32.7 Å². The highest BCUT2D eigenvalue weighted by Gasteiger charge is 2.16. The molecule has 0 radical (unpaired) electrons. The Bertz CT molecular complexity index is 763. The molecular formula is C18H19Cl2NO2. The first kappa shape index (κ1) is 16.6. The molecule has 3 rings (SSSR count). The summed E-state index contributed by atoms with van der Waals surface area (Å²) in [5.41, 5.74) is 2.19. The van der Waals surface area contributed by atoms with Gasteiger partial charge in [0.05, 0.1) is 6.54 Å². The maximum Gasteiger partial charge on any atom is 0.175 e. The lowest BCUT2D eigenvalue weighted by Gasteiger charge is -2.19. The van der Waals surface area contributed by atoms with Gasteiger partial charge in [0.2, 0.25) is 0 Å². The van der Waals surface area contributed by atoms with Crippen LogP contribution >= 0.6 is 23.2 Å². The lowest BCUT2D eigenvalue weighted by atomic mass is 10.1. The van der Waals surface area contributed by atoms with Crippen LogP contribution in [0, 0.1) is 0 Å². The van der Waals surface area contributed by atoms with Gasteiger partial charge in [-0.2, -0.15) is 0 Å². The molecule has 0 saturated heterocycles. The minimum absolute atomic E-state index is 0.282. The van der Waals surface area contributed by atoms with E-state index in [1.807, 2.05) is 50.2 Å². The van der Waals surface area contributed by atoms with Crippen molar-refractivity contribution in [3.05, 3.63) is 46.4 Å². The second kappa shape index (κ2) is 7.10. The highest BCUT2D eigenvalue weighted by molar-refractivity contribution is 6.33. The van der Waals surface area contributed by atoms with Crippen LogP contribution in [-0.4, -0.2) is 24.1 Å². The van der Waals surface area contributed by atoms with Crippen molar-refractivity contribution in [2.45, 2.75) is 26.7 Å². The Balaban J connectivity index is 2.17. The summed E-state index contributed by atoms with van der Waals surface area (Å²) in [7, 11) is 0. The van der Waals surface area contributed by atoms with Crippen LogP contribution in [0.2, 0.25) is 10.0 Å². The summed E-state index contributed by atoms with van der Waals surface area (Å²) >= 11 is 12.4. The summed E-state index contributed by atoms with van der Waals surface area (Å²) in [4.78, 5) is 0. The number of benzene rings is 2. The number of aromatic nitrogens is 1. The molecule has 3 nitrogen and oxygen atoms in total. The number of halogens is 2. The van der Waals surface area contributed by atoms with Crippen LogP contribution in [0.15, 0.2) is 36.4 Å². The fraction of sp³-hybridized carbons (Fsp3) is 0.333. The van der Waals surface area contributed by atoms with Crippen molar-refractivity contribution >= 4 is 45.0 Å². The van der Waals surface area contributed by atoms with E-state index >= 15 is 0 Å². The molecule has 1 heterocycles.